The molecule has 1 saturated heterocycles. The van der Waals surface area contributed by atoms with E-state index < -0.39 is 0 Å². The maximum absolute atomic E-state index is 6.08. The quantitative estimate of drug-likeness (QED) is 0.649. The van der Waals surface area contributed by atoms with Gasteiger partial charge in [-0.1, -0.05) is 19.3 Å². The Bertz CT molecular complexity index is 151. The highest BCUT2D eigenvalue weighted by Crippen LogP contribution is 2.23. The standard InChI is InChI=1S/C11H21NO/c1-12-8-7-11(9-12)13-10-5-3-2-4-6-10/h10-11H,2-9H2,1H3. The number of hydrogen-bond donors (Lipinski definition) is 0. The molecule has 1 unspecified atom stereocenters. The smallest absolute Gasteiger partial charge is 0.0717 e. The Morgan fingerprint density at radius 2 is 1.77 bits per heavy atom. The molecule has 1 aliphatic carbocycles. The number of nitrogens with zero attached hydrogens (tertiary/aromatic N) is 1. The van der Waals surface area contributed by atoms with Gasteiger partial charge in [0.2, 0.25) is 0 Å². The Morgan fingerprint density at radius 1 is 1.00 bits per heavy atom. The average Bonchev–Trinajstić information content (AvgIpc) is 2.53. The second-order valence-electron chi connectivity index (χ2n) is 4.57. The normalized spacial score (nSPS) is 32.5. The average molecular weight is 183 g/mol. The number of likely N-dealkylation sites (tertiary alicyclic amines) is 1. The van der Waals surface area contributed by atoms with Gasteiger partial charge in [-0.25, -0.2) is 0 Å². The molecular formula is C11H21NO. The number of rotatable bonds is 2. The van der Waals surface area contributed by atoms with Crippen molar-refractivity contribution in [3.63, 3.8) is 0 Å². The first-order valence-corrected chi connectivity index (χ1v) is 5.68. The molecule has 76 valence electrons. The summed E-state index contributed by atoms with van der Waals surface area (Å²) in [5, 5.41) is 0. The molecular weight excluding hydrogens is 162 g/mol. The Labute approximate surface area is 81.3 Å². The summed E-state index contributed by atoms with van der Waals surface area (Å²) in [6, 6.07) is 0. The van der Waals surface area contributed by atoms with Gasteiger partial charge in [0, 0.05) is 13.1 Å². The van der Waals surface area contributed by atoms with Crippen LogP contribution in [0.25, 0.3) is 0 Å². The fraction of sp³-hybridized carbons (Fsp3) is 1.00. The molecule has 1 heterocycles. The Morgan fingerprint density at radius 3 is 2.38 bits per heavy atom. The topological polar surface area (TPSA) is 12.5 Å². The number of ether oxygens (including phenoxy) is 1. The third kappa shape index (κ3) is 2.68. The number of likely N-dealkylation sites (N-methyl/N-ethyl adjacent to an activating group) is 1. The van der Waals surface area contributed by atoms with E-state index in [2.05, 4.69) is 11.9 Å². The van der Waals surface area contributed by atoms with Crippen molar-refractivity contribution >= 4 is 0 Å². The largest absolute Gasteiger partial charge is 0.374 e. The van der Waals surface area contributed by atoms with E-state index in [9.17, 15) is 0 Å². The zero-order valence-corrected chi connectivity index (χ0v) is 8.67. The molecule has 13 heavy (non-hydrogen) atoms. The summed E-state index contributed by atoms with van der Waals surface area (Å²) in [7, 11) is 2.18. The molecule has 2 heteroatoms. The minimum Gasteiger partial charge on any atom is -0.374 e. The van der Waals surface area contributed by atoms with Crippen LogP contribution in [0.5, 0.6) is 0 Å². The van der Waals surface area contributed by atoms with E-state index in [-0.39, 0.29) is 0 Å². The maximum Gasteiger partial charge on any atom is 0.0717 e. The van der Waals surface area contributed by atoms with Gasteiger partial charge in [0.05, 0.1) is 12.2 Å². The molecule has 0 N–H and O–H groups in total. The van der Waals surface area contributed by atoms with Crippen LogP contribution in [0.4, 0.5) is 0 Å². The van der Waals surface area contributed by atoms with Crippen molar-refractivity contribution in [2.45, 2.75) is 50.7 Å². The lowest BCUT2D eigenvalue weighted by Gasteiger charge is -2.25. The molecule has 0 aromatic heterocycles. The van der Waals surface area contributed by atoms with Gasteiger partial charge in [0.1, 0.15) is 0 Å². The monoisotopic (exact) mass is 183 g/mol. The van der Waals surface area contributed by atoms with Gasteiger partial charge in [0.25, 0.3) is 0 Å². The van der Waals surface area contributed by atoms with Crippen LogP contribution in [-0.2, 0) is 4.74 Å². The second-order valence-corrected chi connectivity index (χ2v) is 4.57. The van der Waals surface area contributed by atoms with Gasteiger partial charge in [-0.3, -0.25) is 0 Å². The molecule has 0 aromatic rings. The van der Waals surface area contributed by atoms with Crippen molar-refractivity contribution < 1.29 is 4.74 Å². The molecule has 2 aliphatic rings. The van der Waals surface area contributed by atoms with Crippen molar-refractivity contribution in [1.29, 1.82) is 0 Å². The highest BCUT2D eigenvalue weighted by molar-refractivity contribution is 4.76. The van der Waals surface area contributed by atoms with Crippen LogP contribution in [0.3, 0.4) is 0 Å². The van der Waals surface area contributed by atoms with Gasteiger partial charge in [-0.2, -0.15) is 0 Å². The number of hydrogen-bond acceptors (Lipinski definition) is 2. The van der Waals surface area contributed by atoms with Crippen molar-refractivity contribution in [3.8, 4) is 0 Å². The third-order valence-electron chi connectivity index (χ3n) is 3.29. The summed E-state index contributed by atoms with van der Waals surface area (Å²) in [6.07, 6.45) is 9.16. The molecule has 0 amide bonds. The fourth-order valence-corrected chi connectivity index (χ4v) is 2.48. The third-order valence-corrected chi connectivity index (χ3v) is 3.29. The predicted octanol–water partition coefficient (Wildman–Crippen LogP) is 2.04. The summed E-state index contributed by atoms with van der Waals surface area (Å²) < 4.78 is 6.08. The molecule has 2 rings (SSSR count). The van der Waals surface area contributed by atoms with E-state index in [0.29, 0.717) is 12.2 Å². The predicted molar refractivity (Wildman–Crippen MR) is 53.9 cm³/mol. The summed E-state index contributed by atoms with van der Waals surface area (Å²) >= 11 is 0. The lowest BCUT2D eigenvalue weighted by Crippen LogP contribution is -2.26. The molecule has 2 nitrogen and oxygen atoms in total. The maximum atomic E-state index is 6.08. The van der Waals surface area contributed by atoms with E-state index in [4.69, 9.17) is 4.74 Å². The van der Waals surface area contributed by atoms with Gasteiger partial charge in [-0.15, -0.1) is 0 Å². The van der Waals surface area contributed by atoms with Crippen LogP contribution in [0.1, 0.15) is 38.5 Å². The lowest BCUT2D eigenvalue weighted by atomic mass is 9.97. The molecule has 1 atom stereocenters. The first-order chi connectivity index (χ1) is 6.34. The minimum absolute atomic E-state index is 0.535. The molecule has 1 saturated carbocycles. The molecule has 0 bridgehead atoms. The lowest BCUT2D eigenvalue weighted by molar-refractivity contribution is -0.0232. The summed E-state index contributed by atoms with van der Waals surface area (Å²) in [5.41, 5.74) is 0. The van der Waals surface area contributed by atoms with E-state index >= 15 is 0 Å². The van der Waals surface area contributed by atoms with Crippen LogP contribution in [0.2, 0.25) is 0 Å². The van der Waals surface area contributed by atoms with Crippen molar-refractivity contribution in [3.05, 3.63) is 0 Å². The fourth-order valence-electron chi connectivity index (χ4n) is 2.48. The SMILES string of the molecule is CN1CCC(OC2CCCCC2)C1. The minimum atomic E-state index is 0.535. The van der Waals surface area contributed by atoms with E-state index in [1.165, 1.54) is 45.1 Å². The summed E-state index contributed by atoms with van der Waals surface area (Å²) in [4.78, 5) is 2.37. The highest BCUT2D eigenvalue weighted by atomic mass is 16.5. The molecule has 1 aliphatic heterocycles. The zero-order valence-electron chi connectivity index (χ0n) is 8.67. The Balaban J connectivity index is 1.71. The Kier molecular flexibility index (Phi) is 3.23. The van der Waals surface area contributed by atoms with E-state index in [1.807, 2.05) is 0 Å². The molecule has 0 aromatic carbocycles. The highest BCUT2D eigenvalue weighted by Gasteiger charge is 2.24. The van der Waals surface area contributed by atoms with Crippen LogP contribution in [0.15, 0.2) is 0 Å². The van der Waals surface area contributed by atoms with Gasteiger partial charge in [-0.05, 0) is 26.3 Å². The van der Waals surface area contributed by atoms with Crippen LogP contribution in [-0.4, -0.2) is 37.2 Å². The van der Waals surface area contributed by atoms with Crippen LogP contribution >= 0.6 is 0 Å². The molecule has 0 radical (unpaired) electrons. The van der Waals surface area contributed by atoms with E-state index in [0.717, 1.165) is 6.54 Å². The van der Waals surface area contributed by atoms with Crippen molar-refractivity contribution in [1.82, 2.24) is 4.90 Å². The summed E-state index contributed by atoms with van der Waals surface area (Å²) in [6.45, 7) is 2.37. The zero-order chi connectivity index (χ0) is 9.10. The first-order valence-electron chi connectivity index (χ1n) is 5.68. The van der Waals surface area contributed by atoms with Gasteiger partial charge in [0.15, 0.2) is 0 Å². The van der Waals surface area contributed by atoms with Gasteiger partial charge < -0.3 is 9.64 Å². The second kappa shape index (κ2) is 4.43. The van der Waals surface area contributed by atoms with E-state index in [1.54, 1.807) is 0 Å². The summed E-state index contributed by atoms with van der Waals surface area (Å²) in [5.74, 6) is 0. The first kappa shape index (κ1) is 9.47. The van der Waals surface area contributed by atoms with Crippen molar-refractivity contribution in [2.75, 3.05) is 20.1 Å². The Hall–Kier alpha value is -0.0800. The van der Waals surface area contributed by atoms with Crippen LogP contribution < -0.4 is 0 Å². The van der Waals surface area contributed by atoms with Crippen molar-refractivity contribution in [2.24, 2.45) is 0 Å². The molecule has 2 fully saturated rings. The van der Waals surface area contributed by atoms with Gasteiger partial charge >= 0.3 is 0 Å². The van der Waals surface area contributed by atoms with Crippen LogP contribution in [0, 0.1) is 0 Å². The molecule has 0 spiro atoms.